The average molecular weight is 249 g/mol. The number of benzene rings is 1. The van der Waals surface area contributed by atoms with Crippen LogP contribution < -0.4 is 11.5 Å². The molecule has 0 bridgehead atoms. The van der Waals surface area contributed by atoms with Gasteiger partial charge in [0.1, 0.15) is 0 Å². The third-order valence-corrected chi connectivity index (χ3v) is 2.55. The Morgan fingerprint density at radius 1 is 1.40 bits per heavy atom. The summed E-state index contributed by atoms with van der Waals surface area (Å²) < 4.78 is 0. The fraction of sp³-hybridized carbons (Fsp3) is 0.455. The number of nitrogens with two attached hydrogens (primary N) is 2. The van der Waals surface area contributed by atoms with Gasteiger partial charge in [-0.3, -0.25) is 0 Å². The molecular formula is C11H18Cl2N2. The molecule has 0 aliphatic carbocycles. The third-order valence-electron chi connectivity index (χ3n) is 2.32. The topological polar surface area (TPSA) is 52.0 Å². The van der Waals surface area contributed by atoms with Gasteiger partial charge in [-0.25, -0.2) is 0 Å². The van der Waals surface area contributed by atoms with Gasteiger partial charge < -0.3 is 11.5 Å². The molecule has 0 amide bonds. The van der Waals surface area contributed by atoms with Crippen LogP contribution in [0.2, 0.25) is 5.02 Å². The molecule has 0 aliphatic heterocycles. The van der Waals surface area contributed by atoms with E-state index in [1.54, 1.807) is 6.07 Å². The molecular weight excluding hydrogens is 231 g/mol. The fourth-order valence-electron chi connectivity index (χ4n) is 1.45. The summed E-state index contributed by atoms with van der Waals surface area (Å²) in [4.78, 5) is 0. The van der Waals surface area contributed by atoms with Gasteiger partial charge >= 0.3 is 0 Å². The van der Waals surface area contributed by atoms with Crippen molar-refractivity contribution in [1.29, 1.82) is 0 Å². The highest BCUT2D eigenvalue weighted by molar-refractivity contribution is 6.30. The first-order valence-corrected chi connectivity index (χ1v) is 5.33. The number of rotatable bonds is 4. The zero-order valence-electron chi connectivity index (χ0n) is 8.87. The van der Waals surface area contributed by atoms with Gasteiger partial charge in [0.25, 0.3) is 0 Å². The van der Waals surface area contributed by atoms with Crippen molar-refractivity contribution in [3.63, 3.8) is 0 Å². The van der Waals surface area contributed by atoms with Gasteiger partial charge in [0.2, 0.25) is 0 Å². The molecule has 0 aliphatic rings. The molecule has 1 aromatic carbocycles. The van der Waals surface area contributed by atoms with Gasteiger partial charge in [-0.15, -0.1) is 12.4 Å². The molecule has 0 spiro atoms. The van der Waals surface area contributed by atoms with Crippen molar-refractivity contribution >= 4 is 29.7 Å². The van der Waals surface area contributed by atoms with Crippen molar-refractivity contribution in [2.24, 2.45) is 5.73 Å². The van der Waals surface area contributed by atoms with Crippen LogP contribution in [0.3, 0.4) is 0 Å². The van der Waals surface area contributed by atoms with Crippen molar-refractivity contribution < 1.29 is 0 Å². The number of anilines is 1. The van der Waals surface area contributed by atoms with E-state index in [4.69, 9.17) is 23.1 Å². The first-order chi connectivity index (χ1) is 6.65. The van der Waals surface area contributed by atoms with Crippen LogP contribution in [0.5, 0.6) is 0 Å². The normalized spacial score (nSPS) is 11.9. The fourth-order valence-corrected chi connectivity index (χ4v) is 1.63. The summed E-state index contributed by atoms with van der Waals surface area (Å²) in [5.74, 6) is 0. The minimum atomic E-state index is 0. The molecule has 1 rings (SSSR count). The molecule has 86 valence electrons. The van der Waals surface area contributed by atoms with Crippen LogP contribution in [-0.4, -0.2) is 0 Å². The third kappa shape index (κ3) is 4.29. The molecule has 4 N–H and O–H groups in total. The Labute approximate surface area is 102 Å². The standard InChI is InChI=1S/C11H17ClN2.ClH/c1-2-3-4-10(13)9-7-8(12)5-6-11(9)14;/h5-7,10H,2-4,13-14H2,1H3;1H/t10-;/m1./s1. The number of halogens is 2. The van der Waals surface area contributed by atoms with E-state index in [1.807, 2.05) is 12.1 Å². The number of hydrogen-bond acceptors (Lipinski definition) is 2. The highest BCUT2D eigenvalue weighted by Gasteiger charge is 2.09. The Bertz CT molecular complexity index is 303. The van der Waals surface area contributed by atoms with Crippen LogP contribution in [0, 0.1) is 0 Å². The van der Waals surface area contributed by atoms with E-state index >= 15 is 0 Å². The molecule has 1 atom stereocenters. The monoisotopic (exact) mass is 248 g/mol. The highest BCUT2D eigenvalue weighted by Crippen LogP contribution is 2.25. The zero-order chi connectivity index (χ0) is 10.6. The Morgan fingerprint density at radius 3 is 2.67 bits per heavy atom. The van der Waals surface area contributed by atoms with Crippen molar-refractivity contribution in [1.82, 2.24) is 0 Å². The van der Waals surface area contributed by atoms with Crippen LogP contribution in [0.15, 0.2) is 18.2 Å². The van der Waals surface area contributed by atoms with Crippen LogP contribution in [-0.2, 0) is 0 Å². The first kappa shape index (κ1) is 14.6. The summed E-state index contributed by atoms with van der Waals surface area (Å²) in [6.45, 7) is 2.15. The number of hydrogen-bond donors (Lipinski definition) is 2. The molecule has 0 aromatic heterocycles. The molecule has 15 heavy (non-hydrogen) atoms. The van der Waals surface area contributed by atoms with Gasteiger partial charge in [0.15, 0.2) is 0 Å². The molecule has 0 unspecified atom stereocenters. The van der Waals surface area contributed by atoms with E-state index in [1.165, 1.54) is 0 Å². The Kier molecular flexibility index (Phi) is 6.73. The van der Waals surface area contributed by atoms with E-state index in [0.29, 0.717) is 5.02 Å². The van der Waals surface area contributed by atoms with Gasteiger partial charge in [0.05, 0.1) is 0 Å². The van der Waals surface area contributed by atoms with Crippen molar-refractivity contribution in [2.45, 2.75) is 32.2 Å². The second kappa shape index (κ2) is 6.94. The minimum Gasteiger partial charge on any atom is -0.398 e. The quantitative estimate of drug-likeness (QED) is 0.802. The zero-order valence-corrected chi connectivity index (χ0v) is 10.4. The van der Waals surface area contributed by atoms with Crippen LogP contribution in [0.1, 0.15) is 37.8 Å². The summed E-state index contributed by atoms with van der Waals surface area (Å²) in [6, 6.07) is 5.46. The van der Waals surface area contributed by atoms with Crippen molar-refractivity contribution in [3.8, 4) is 0 Å². The smallest absolute Gasteiger partial charge is 0.0410 e. The summed E-state index contributed by atoms with van der Waals surface area (Å²) in [5.41, 5.74) is 13.5. The maximum atomic E-state index is 6.01. The first-order valence-electron chi connectivity index (χ1n) is 4.95. The SMILES string of the molecule is CCCC[C@@H](N)c1cc(Cl)ccc1N.Cl. The van der Waals surface area contributed by atoms with Gasteiger partial charge in [-0.2, -0.15) is 0 Å². The lowest BCUT2D eigenvalue weighted by molar-refractivity contribution is 0.605. The predicted octanol–water partition coefficient (Wildman–Crippen LogP) is 3.53. The molecule has 0 radical (unpaired) electrons. The molecule has 1 aromatic rings. The number of unbranched alkanes of at least 4 members (excludes halogenated alkanes) is 1. The maximum Gasteiger partial charge on any atom is 0.0410 e. The number of nitrogen functional groups attached to an aromatic ring is 1. The molecule has 0 saturated heterocycles. The van der Waals surface area contributed by atoms with Gasteiger partial charge in [-0.05, 0) is 30.2 Å². The van der Waals surface area contributed by atoms with Crippen LogP contribution >= 0.6 is 24.0 Å². The molecule has 4 heteroatoms. The second-order valence-corrected chi connectivity index (χ2v) is 3.96. The molecule has 0 heterocycles. The van der Waals surface area contributed by atoms with Gasteiger partial charge in [-0.1, -0.05) is 31.4 Å². The molecule has 0 saturated carbocycles. The summed E-state index contributed by atoms with van der Waals surface area (Å²) >= 11 is 5.88. The Hall–Kier alpha value is -0.440. The van der Waals surface area contributed by atoms with E-state index in [9.17, 15) is 0 Å². The van der Waals surface area contributed by atoms with E-state index in [-0.39, 0.29) is 18.4 Å². The van der Waals surface area contributed by atoms with E-state index < -0.39 is 0 Å². The largest absolute Gasteiger partial charge is 0.398 e. The lowest BCUT2D eigenvalue weighted by Crippen LogP contribution is -2.12. The maximum absolute atomic E-state index is 6.01. The lowest BCUT2D eigenvalue weighted by Gasteiger charge is -2.14. The van der Waals surface area contributed by atoms with E-state index in [0.717, 1.165) is 30.5 Å². The van der Waals surface area contributed by atoms with Crippen molar-refractivity contribution in [3.05, 3.63) is 28.8 Å². The lowest BCUT2D eigenvalue weighted by atomic mass is 10.0. The summed E-state index contributed by atoms with van der Waals surface area (Å²) in [5, 5.41) is 0.696. The summed E-state index contributed by atoms with van der Waals surface area (Å²) in [7, 11) is 0. The highest BCUT2D eigenvalue weighted by atomic mass is 35.5. The minimum absolute atomic E-state index is 0. The molecule has 2 nitrogen and oxygen atoms in total. The van der Waals surface area contributed by atoms with E-state index in [2.05, 4.69) is 6.92 Å². The van der Waals surface area contributed by atoms with Gasteiger partial charge in [0, 0.05) is 16.8 Å². The average Bonchev–Trinajstić information content (AvgIpc) is 2.18. The van der Waals surface area contributed by atoms with Crippen molar-refractivity contribution in [2.75, 3.05) is 5.73 Å². The van der Waals surface area contributed by atoms with Crippen LogP contribution in [0.4, 0.5) is 5.69 Å². The second-order valence-electron chi connectivity index (χ2n) is 3.52. The van der Waals surface area contributed by atoms with Crippen LogP contribution in [0.25, 0.3) is 0 Å². The predicted molar refractivity (Wildman–Crippen MR) is 69.6 cm³/mol. The summed E-state index contributed by atoms with van der Waals surface area (Å²) in [6.07, 6.45) is 3.22. The Balaban J connectivity index is 0.00000196. The molecule has 0 fully saturated rings. The Morgan fingerprint density at radius 2 is 2.07 bits per heavy atom.